The van der Waals surface area contributed by atoms with Crippen molar-refractivity contribution in [2.24, 2.45) is 5.92 Å². The van der Waals surface area contributed by atoms with E-state index in [9.17, 15) is 4.79 Å². The molecule has 3 rings (SSSR count). The second-order valence-corrected chi connectivity index (χ2v) is 6.64. The first-order chi connectivity index (χ1) is 11.5. The summed E-state index contributed by atoms with van der Waals surface area (Å²) in [5.41, 5.74) is 0.917. The van der Waals surface area contributed by atoms with Gasteiger partial charge in [0, 0.05) is 5.02 Å². The molecule has 0 amide bonds. The van der Waals surface area contributed by atoms with Crippen LogP contribution in [0.1, 0.15) is 25.3 Å². The quantitative estimate of drug-likeness (QED) is 0.441. The van der Waals surface area contributed by atoms with Gasteiger partial charge in [0.15, 0.2) is 0 Å². The van der Waals surface area contributed by atoms with E-state index in [1.807, 2.05) is 68.4 Å². The van der Waals surface area contributed by atoms with Crippen molar-refractivity contribution < 1.29 is 9.53 Å². The first kappa shape index (κ1) is 16.5. The van der Waals surface area contributed by atoms with Gasteiger partial charge in [-0.15, -0.1) is 0 Å². The second-order valence-electron chi connectivity index (χ2n) is 6.20. The summed E-state index contributed by atoms with van der Waals surface area (Å²) in [4.78, 5) is 12.7. The fourth-order valence-corrected chi connectivity index (χ4v) is 3.00. The van der Waals surface area contributed by atoms with Crippen LogP contribution in [0.4, 0.5) is 0 Å². The van der Waals surface area contributed by atoms with Gasteiger partial charge in [-0.3, -0.25) is 4.79 Å². The van der Waals surface area contributed by atoms with Gasteiger partial charge in [0.2, 0.25) is 0 Å². The molecule has 0 N–H and O–H groups in total. The first-order valence-corrected chi connectivity index (χ1v) is 8.38. The van der Waals surface area contributed by atoms with E-state index >= 15 is 0 Å². The average molecular weight is 339 g/mol. The topological polar surface area (TPSA) is 26.3 Å². The molecule has 0 aliphatic carbocycles. The molecular formula is C21H19ClO2. The van der Waals surface area contributed by atoms with E-state index in [-0.39, 0.29) is 17.8 Å². The normalized spacial score (nSPS) is 12.3. The Labute approximate surface area is 147 Å². The molecule has 0 aromatic heterocycles. The molecule has 3 heteroatoms. The van der Waals surface area contributed by atoms with Crippen LogP contribution in [0.5, 0.6) is 5.75 Å². The summed E-state index contributed by atoms with van der Waals surface area (Å²) in [5.74, 6) is 0.119. The summed E-state index contributed by atoms with van der Waals surface area (Å²) in [5, 5.41) is 2.83. The Kier molecular flexibility index (Phi) is 4.86. The predicted molar refractivity (Wildman–Crippen MR) is 98.6 cm³/mol. The van der Waals surface area contributed by atoms with Crippen LogP contribution >= 0.6 is 11.6 Å². The lowest BCUT2D eigenvalue weighted by Crippen LogP contribution is -2.23. The van der Waals surface area contributed by atoms with Crippen molar-refractivity contribution in [1.82, 2.24) is 0 Å². The van der Waals surface area contributed by atoms with Gasteiger partial charge in [-0.05, 0) is 46.5 Å². The number of carbonyl (C=O) groups excluding carboxylic acids is 1. The van der Waals surface area contributed by atoms with Gasteiger partial charge in [-0.2, -0.15) is 0 Å². The third kappa shape index (κ3) is 3.60. The smallest absolute Gasteiger partial charge is 0.319 e. The van der Waals surface area contributed by atoms with Crippen molar-refractivity contribution in [1.29, 1.82) is 0 Å². The Hall–Kier alpha value is -2.32. The van der Waals surface area contributed by atoms with Gasteiger partial charge in [-0.25, -0.2) is 0 Å². The van der Waals surface area contributed by atoms with Crippen molar-refractivity contribution in [3.05, 3.63) is 77.3 Å². The number of hydrogen-bond acceptors (Lipinski definition) is 2. The number of fused-ring (bicyclic) bond motifs is 1. The van der Waals surface area contributed by atoms with Crippen LogP contribution in [0.3, 0.4) is 0 Å². The summed E-state index contributed by atoms with van der Waals surface area (Å²) in [6.45, 7) is 4.03. The summed E-state index contributed by atoms with van der Waals surface area (Å²) in [6, 6.07) is 21.1. The van der Waals surface area contributed by atoms with Crippen molar-refractivity contribution in [2.45, 2.75) is 19.8 Å². The lowest BCUT2D eigenvalue weighted by Gasteiger charge is -2.20. The molecule has 3 aromatic carbocycles. The SMILES string of the molecule is CC(C)[C@@H](C(=O)Oc1ccc2ccccc2c1)c1ccc(Cl)cc1. The highest BCUT2D eigenvalue weighted by atomic mass is 35.5. The molecule has 1 atom stereocenters. The Bertz CT molecular complexity index is 853. The number of esters is 1. The molecule has 0 bridgehead atoms. The zero-order chi connectivity index (χ0) is 17.1. The Balaban J connectivity index is 1.85. The summed E-state index contributed by atoms with van der Waals surface area (Å²) in [7, 11) is 0. The number of carbonyl (C=O) groups is 1. The second kappa shape index (κ2) is 7.06. The molecular weight excluding hydrogens is 320 g/mol. The van der Waals surface area contributed by atoms with Gasteiger partial charge >= 0.3 is 5.97 Å². The van der Waals surface area contributed by atoms with Gasteiger partial charge in [0.05, 0.1) is 5.92 Å². The molecule has 0 radical (unpaired) electrons. The molecule has 0 heterocycles. The van der Waals surface area contributed by atoms with E-state index in [1.54, 1.807) is 12.1 Å². The minimum Gasteiger partial charge on any atom is -0.426 e. The molecule has 0 saturated carbocycles. The highest BCUT2D eigenvalue weighted by Gasteiger charge is 2.26. The largest absolute Gasteiger partial charge is 0.426 e. The van der Waals surface area contributed by atoms with Crippen LogP contribution in [0.2, 0.25) is 5.02 Å². The maximum atomic E-state index is 12.7. The zero-order valence-corrected chi connectivity index (χ0v) is 14.5. The van der Waals surface area contributed by atoms with E-state index < -0.39 is 0 Å². The maximum Gasteiger partial charge on any atom is 0.319 e. The minimum absolute atomic E-state index is 0.124. The Morgan fingerprint density at radius 3 is 2.25 bits per heavy atom. The van der Waals surface area contributed by atoms with Crippen molar-refractivity contribution >= 4 is 28.3 Å². The molecule has 122 valence electrons. The number of benzene rings is 3. The number of halogens is 1. The molecule has 0 aliphatic rings. The average Bonchev–Trinajstić information content (AvgIpc) is 2.56. The predicted octanol–water partition coefficient (Wildman–Crippen LogP) is 5.84. The van der Waals surface area contributed by atoms with Gasteiger partial charge in [-0.1, -0.05) is 67.9 Å². The molecule has 3 aromatic rings. The molecule has 0 spiro atoms. The van der Waals surface area contributed by atoms with E-state index in [2.05, 4.69) is 0 Å². The standard InChI is InChI=1S/C21H19ClO2/c1-14(2)20(16-7-10-18(22)11-8-16)21(23)24-19-12-9-15-5-3-4-6-17(15)13-19/h3-14,20H,1-2H3/t20-/m1/s1. The van der Waals surface area contributed by atoms with E-state index in [4.69, 9.17) is 16.3 Å². The van der Waals surface area contributed by atoms with E-state index in [0.29, 0.717) is 10.8 Å². The molecule has 0 saturated heterocycles. The Morgan fingerprint density at radius 2 is 1.58 bits per heavy atom. The van der Waals surface area contributed by atoms with Crippen LogP contribution in [-0.2, 0) is 4.79 Å². The van der Waals surface area contributed by atoms with Crippen molar-refractivity contribution in [2.75, 3.05) is 0 Å². The summed E-state index contributed by atoms with van der Waals surface area (Å²) in [6.07, 6.45) is 0. The van der Waals surface area contributed by atoms with Crippen molar-refractivity contribution in [3.63, 3.8) is 0 Å². The zero-order valence-electron chi connectivity index (χ0n) is 13.7. The number of ether oxygens (including phenoxy) is 1. The third-order valence-electron chi connectivity index (χ3n) is 4.09. The van der Waals surface area contributed by atoms with Gasteiger partial charge in [0.1, 0.15) is 5.75 Å². The van der Waals surface area contributed by atoms with Gasteiger partial charge in [0.25, 0.3) is 0 Å². The van der Waals surface area contributed by atoms with Gasteiger partial charge < -0.3 is 4.74 Å². The Morgan fingerprint density at radius 1 is 0.917 bits per heavy atom. The molecule has 24 heavy (non-hydrogen) atoms. The lowest BCUT2D eigenvalue weighted by molar-refractivity contribution is -0.137. The third-order valence-corrected chi connectivity index (χ3v) is 4.34. The fraction of sp³-hybridized carbons (Fsp3) is 0.190. The summed E-state index contributed by atoms with van der Waals surface area (Å²) < 4.78 is 5.66. The molecule has 0 aliphatic heterocycles. The van der Waals surface area contributed by atoms with E-state index in [1.165, 1.54) is 0 Å². The fourth-order valence-electron chi connectivity index (χ4n) is 2.87. The first-order valence-electron chi connectivity index (χ1n) is 8.00. The maximum absolute atomic E-state index is 12.7. The summed E-state index contributed by atoms with van der Waals surface area (Å²) >= 11 is 5.94. The van der Waals surface area contributed by atoms with Crippen LogP contribution in [0, 0.1) is 5.92 Å². The van der Waals surface area contributed by atoms with E-state index in [0.717, 1.165) is 16.3 Å². The monoisotopic (exact) mass is 338 g/mol. The molecule has 0 unspecified atom stereocenters. The highest BCUT2D eigenvalue weighted by Crippen LogP contribution is 2.29. The van der Waals surface area contributed by atoms with Crippen LogP contribution in [0.25, 0.3) is 10.8 Å². The lowest BCUT2D eigenvalue weighted by atomic mass is 9.88. The van der Waals surface area contributed by atoms with Crippen LogP contribution in [-0.4, -0.2) is 5.97 Å². The highest BCUT2D eigenvalue weighted by molar-refractivity contribution is 6.30. The number of rotatable bonds is 4. The minimum atomic E-state index is -0.325. The molecule has 0 fully saturated rings. The van der Waals surface area contributed by atoms with Crippen LogP contribution < -0.4 is 4.74 Å². The number of hydrogen-bond donors (Lipinski definition) is 0. The van der Waals surface area contributed by atoms with Crippen LogP contribution in [0.15, 0.2) is 66.7 Å². The van der Waals surface area contributed by atoms with Crippen molar-refractivity contribution in [3.8, 4) is 5.75 Å². The molecule has 2 nitrogen and oxygen atoms in total.